The van der Waals surface area contributed by atoms with Crippen LogP contribution in [0.5, 0.6) is 0 Å². The highest BCUT2D eigenvalue weighted by Gasteiger charge is 2.32. The minimum atomic E-state index is 0.111. The molecule has 2 heterocycles. The van der Waals surface area contributed by atoms with Gasteiger partial charge in [0.2, 0.25) is 0 Å². The van der Waals surface area contributed by atoms with Crippen molar-refractivity contribution in [3.8, 4) is 34.2 Å². The molecular formula is C42H29N3O. The molecule has 1 aliphatic rings. The topological polar surface area (TPSA) is 51.8 Å². The number of fused-ring (bicyclic) bond motifs is 5. The molecule has 4 heteroatoms. The Balaban J connectivity index is 1.30. The molecule has 8 aromatic rings. The summed E-state index contributed by atoms with van der Waals surface area (Å²) in [6.45, 7) is 2.29. The summed E-state index contributed by atoms with van der Waals surface area (Å²) < 4.78 is 6.57. The minimum absolute atomic E-state index is 0.111. The molecule has 4 nitrogen and oxygen atoms in total. The zero-order valence-electron chi connectivity index (χ0n) is 25.3. The van der Waals surface area contributed by atoms with Gasteiger partial charge in [0.25, 0.3) is 0 Å². The van der Waals surface area contributed by atoms with Crippen molar-refractivity contribution in [1.82, 2.24) is 15.0 Å². The van der Waals surface area contributed by atoms with Gasteiger partial charge in [-0.3, -0.25) is 0 Å². The Hall–Kier alpha value is -5.87. The number of aromatic nitrogens is 3. The van der Waals surface area contributed by atoms with Gasteiger partial charge < -0.3 is 4.42 Å². The Labute approximate surface area is 266 Å². The summed E-state index contributed by atoms with van der Waals surface area (Å²) in [4.78, 5) is 15.4. The number of hydrogen-bond acceptors (Lipinski definition) is 4. The van der Waals surface area contributed by atoms with Crippen LogP contribution in [0.4, 0.5) is 0 Å². The lowest BCUT2D eigenvalue weighted by molar-refractivity contribution is 0.560. The Morgan fingerprint density at radius 2 is 1.24 bits per heavy atom. The van der Waals surface area contributed by atoms with Gasteiger partial charge in [-0.2, -0.15) is 0 Å². The van der Waals surface area contributed by atoms with Gasteiger partial charge in [-0.25, -0.2) is 15.0 Å². The number of rotatable bonds is 4. The zero-order valence-corrected chi connectivity index (χ0v) is 25.3. The number of allylic oxidation sites excluding steroid dienone is 1. The largest absolute Gasteiger partial charge is 0.456 e. The van der Waals surface area contributed by atoms with Crippen LogP contribution in [-0.2, 0) is 0 Å². The van der Waals surface area contributed by atoms with Gasteiger partial charge in [-0.05, 0) is 45.2 Å². The fourth-order valence-electron chi connectivity index (χ4n) is 7.05. The first-order chi connectivity index (χ1) is 22.7. The monoisotopic (exact) mass is 591 g/mol. The second-order valence-corrected chi connectivity index (χ2v) is 12.1. The Bertz CT molecular complexity index is 2450. The third-order valence-corrected chi connectivity index (χ3v) is 9.24. The van der Waals surface area contributed by atoms with Crippen LogP contribution in [0.2, 0.25) is 0 Å². The van der Waals surface area contributed by atoms with Crippen LogP contribution in [0.25, 0.3) is 72.8 Å². The van der Waals surface area contributed by atoms with E-state index in [-0.39, 0.29) is 11.8 Å². The average Bonchev–Trinajstić information content (AvgIpc) is 3.50. The van der Waals surface area contributed by atoms with Crippen molar-refractivity contribution in [1.29, 1.82) is 0 Å². The molecule has 2 atom stereocenters. The van der Waals surface area contributed by atoms with Crippen LogP contribution < -0.4 is 0 Å². The summed E-state index contributed by atoms with van der Waals surface area (Å²) in [7, 11) is 0. The first-order valence-electron chi connectivity index (χ1n) is 15.7. The number of benzene rings is 6. The zero-order chi connectivity index (χ0) is 30.6. The first kappa shape index (κ1) is 26.5. The van der Waals surface area contributed by atoms with Crippen LogP contribution in [-0.4, -0.2) is 15.0 Å². The van der Waals surface area contributed by atoms with Crippen LogP contribution >= 0.6 is 0 Å². The highest BCUT2D eigenvalue weighted by molar-refractivity contribution is 5.99. The second-order valence-electron chi connectivity index (χ2n) is 12.1. The molecule has 0 saturated carbocycles. The number of hydrogen-bond donors (Lipinski definition) is 0. The predicted octanol–water partition coefficient (Wildman–Crippen LogP) is 10.7. The number of nitrogens with zero attached hydrogens (tertiary/aromatic N) is 3. The average molecular weight is 592 g/mol. The van der Waals surface area contributed by atoms with E-state index < -0.39 is 0 Å². The highest BCUT2D eigenvalue weighted by atomic mass is 16.3. The third-order valence-electron chi connectivity index (χ3n) is 9.24. The van der Waals surface area contributed by atoms with Crippen molar-refractivity contribution >= 4 is 38.6 Å². The van der Waals surface area contributed by atoms with Crippen LogP contribution in [0.3, 0.4) is 0 Å². The van der Waals surface area contributed by atoms with Gasteiger partial charge in [0.15, 0.2) is 17.5 Å². The van der Waals surface area contributed by atoms with Crippen molar-refractivity contribution in [3.63, 3.8) is 0 Å². The summed E-state index contributed by atoms with van der Waals surface area (Å²) in [5.74, 6) is 3.19. The standard InChI is InChI=1S/C42H29N3O/c1-26-21-24-36-39(37(26)31-23-22-27-11-5-6-15-30(27)25-31)38-34(19-10-20-35(38)46-36)42-44-40(29-13-3-2-4-14-29)43-41(45-42)33-18-9-16-28-12-7-8-17-32(28)33/h2-26,37H,1H3. The molecule has 0 saturated heterocycles. The van der Waals surface area contributed by atoms with Crippen molar-refractivity contribution in [2.75, 3.05) is 0 Å². The molecule has 46 heavy (non-hydrogen) atoms. The van der Waals surface area contributed by atoms with Crippen molar-refractivity contribution < 1.29 is 4.42 Å². The molecule has 0 fully saturated rings. The molecule has 218 valence electrons. The maximum atomic E-state index is 6.57. The molecule has 0 spiro atoms. The summed E-state index contributed by atoms with van der Waals surface area (Å²) in [6.07, 6.45) is 4.39. The summed E-state index contributed by atoms with van der Waals surface area (Å²) in [5.41, 5.74) is 6.15. The third kappa shape index (κ3) is 4.33. The molecule has 0 amide bonds. The van der Waals surface area contributed by atoms with Crippen molar-refractivity contribution in [2.45, 2.75) is 12.8 Å². The molecule has 1 aliphatic carbocycles. The second kappa shape index (κ2) is 10.6. The Morgan fingerprint density at radius 3 is 2.11 bits per heavy atom. The lowest BCUT2D eigenvalue weighted by atomic mass is 9.76. The quantitative estimate of drug-likeness (QED) is 0.204. The fourth-order valence-corrected chi connectivity index (χ4v) is 7.05. The normalized spacial score (nSPS) is 15.8. The lowest BCUT2D eigenvalue weighted by Crippen LogP contribution is -2.13. The summed E-state index contributed by atoms with van der Waals surface area (Å²) in [5, 5.41) is 5.79. The minimum Gasteiger partial charge on any atom is -0.456 e. The maximum absolute atomic E-state index is 6.57. The Morgan fingerprint density at radius 1 is 0.565 bits per heavy atom. The molecule has 0 bridgehead atoms. The van der Waals surface area contributed by atoms with E-state index in [9.17, 15) is 0 Å². The molecule has 0 N–H and O–H groups in total. The van der Waals surface area contributed by atoms with Crippen LogP contribution in [0.15, 0.2) is 144 Å². The van der Waals surface area contributed by atoms with Crippen molar-refractivity contribution in [3.05, 3.63) is 156 Å². The predicted molar refractivity (Wildman–Crippen MR) is 187 cm³/mol. The van der Waals surface area contributed by atoms with Crippen molar-refractivity contribution in [2.24, 2.45) is 5.92 Å². The van der Waals surface area contributed by atoms with E-state index in [1.165, 1.54) is 21.9 Å². The molecule has 2 aromatic heterocycles. The van der Waals surface area contributed by atoms with Gasteiger partial charge in [-0.15, -0.1) is 0 Å². The summed E-state index contributed by atoms with van der Waals surface area (Å²) in [6, 6.07) is 46.4. The summed E-state index contributed by atoms with van der Waals surface area (Å²) >= 11 is 0. The first-order valence-corrected chi connectivity index (χ1v) is 15.7. The SMILES string of the molecule is CC1C=Cc2oc3cccc(-c4nc(-c5ccccc5)nc(-c5cccc6ccccc56)n4)c3c2C1c1ccc2ccccc2c1. The number of furan rings is 1. The van der Waals surface area contributed by atoms with Crippen LogP contribution in [0, 0.1) is 5.92 Å². The van der Waals surface area contributed by atoms with E-state index in [1.807, 2.05) is 24.3 Å². The molecule has 6 aromatic carbocycles. The molecule has 0 aliphatic heterocycles. The lowest BCUT2D eigenvalue weighted by Gasteiger charge is -2.26. The smallest absolute Gasteiger partial charge is 0.164 e. The van der Waals surface area contributed by atoms with Gasteiger partial charge in [0, 0.05) is 33.6 Å². The maximum Gasteiger partial charge on any atom is 0.164 e. The van der Waals surface area contributed by atoms with E-state index in [4.69, 9.17) is 19.4 Å². The highest BCUT2D eigenvalue weighted by Crippen LogP contribution is 2.47. The molecule has 2 unspecified atom stereocenters. The van der Waals surface area contributed by atoms with E-state index in [0.29, 0.717) is 17.5 Å². The van der Waals surface area contributed by atoms with Gasteiger partial charge >= 0.3 is 0 Å². The van der Waals surface area contributed by atoms with Gasteiger partial charge in [0.05, 0.1) is 0 Å². The van der Waals surface area contributed by atoms with E-state index in [1.54, 1.807) is 0 Å². The van der Waals surface area contributed by atoms with E-state index in [2.05, 4.69) is 128 Å². The van der Waals surface area contributed by atoms with Gasteiger partial charge in [0.1, 0.15) is 11.3 Å². The molecule has 0 radical (unpaired) electrons. The fraction of sp³-hybridized carbons (Fsp3) is 0.0714. The van der Waals surface area contributed by atoms with Gasteiger partial charge in [-0.1, -0.05) is 140 Å². The molecular weight excluding hydrogens is 562 g/mol. The van der Waals surface area contributed by atoms with E-state index in [0.717, 1.165) is 44.2 Å². The van der Waals surface area contributed by atoms with E-state index >= 15 is 0 Å². The van der Waals surface area contributed by atoms with Crippen LogP contribution in [0.1, 0.15) is 29.7 Å². The molecule has 9 rings (SSSR count). The Kier molecular flexibility index (Phi) is 6.13.